The summed E-state index contributed by atoms with van der Waals surface area (Å²) in [5.74, 6) is 0.386. The molecule has 0 saturated heterocycles. The first-order valence-electron chi connectivity index (χ1n) is 6.62. The molecule has 1 aromatic carbocycles. The SMILES string of the molecule is CN(C(=O)c1ccc(S(C)(=O)=O)cc1)C(CN)C1CC1. The van der Waals surface area contributed by atoms with Crippen LogP contribution in [0.3, 0.4) is 0 Å². The first-order valence-corrected chi connectivity index (χ1v) is 8.51. The van der Waals surface area contributed by atoms with Crippen molar-refractivity contribution in [2.45, 2.75) is 23.8 Å². The fourth-order valence-corrected chi connectivity index (χ4v) is 2.98. The van der Waals surface area contributed by atoms with Crippen molar-refractivity contribution in [3.63, 3.8) is 0 Å². The van der Waals surface area contributed by atoms with E-state index >= 15 is 0 Å². The van der Waals surface area contributed by atoms with Crippen LogP contribution in [-0.2, 0) is 9.84 Å². The number of hydrogen-bond donors (Lipinski definition) is 1. The average molecular weight is 296 g/mol. The van der Waals surface area contributed by atoms with E-state index in [1.54, 1.807) is 24.1 Å². The van der Waals surface area contributed by atoms with Gasteiger partial charge in [-0.2, -0.15) is 0 Å². The van der Waals surface area contributed by atoms with E-state index in [0.717, 1.165) is 19.1 Å². The van der Waals surface area contributed by atoms with Crippen molar-refractivity contribution < 1.29 is 13.2 Å². The fourth-order valence-electron chi connectivity index (χ4n) is 2.35. The fraction of sp³-hybridized carbons (Fsp3) is 0.500. The number of amides is 1. The lowest BCUT2D eigenvalue weighted by molar-refractivity contribution is 0.0718. The van der Waals surface area contributed by atoms with Crippen LogP contribution >= 0.6 is 0 Å². The minimum Gasteiger partial charge on any atom is -0.337 e. The minimum atomic E-state index is -3.23. The van der Waals surface area contributed by atoms with Crippen LogP contribution in [0.15, 0.2) is 29.2 Å². The lowest BCUT2D eigenvalue weighted by atomic mass is 10.1. The molecule has 1 fully saturated rings. The molecule has 0 bridgehead atoms. The highest BCUT2D eigenvalue weighted by atomic mass is 32.2. The molecule has 2 N–H and O–H groups in total. The van der Waals surface area contributed by atoms with Crippen LogP contribution in [0.25, 0.3) is 0 Å². The van der Waals surface area contributed by atoms with E-state index in [2.05, 4.69) is 0 Å². The van der Waals surface area contributed by atoms with Gasteiger partial charge in [0.25, 0.3) is 5.91 Å². The van der Waals surface area contributed by atoms with Gasteiger partial charge in [0, 0.05) is 31.5 Å². The molecule has 1 aliphatic carbocycles. The topological polar surface area (TPSA) is 80.5 Å². The van der Waals surface area contributed by atoms with Crippen molar-refractivity contribution in [3.8, 4) is 0 Å². The van der Waals surface area contributed by atoms with Gasteiger partial charge in [-0.25, -0.2) is 8.42 Å². The number of rotatable bonds is 5. The second-order valence-corrected chi connectivity index (χ2v) is 7.37. The molecule has 0 aliphatic heterocycles. The molecular weight excluding hydrogens is 276 g/mol. The maximum atomic E-state index is 12.4. The predicted octanol–water partition coefficient (Wildman–Crippen LogP) is 0.899. The van der Waals surface area contributed by atoms with Gasteiger partial charge in [-0.1, -0.05) is 0 Å². The summed E-state index contributed by atoms with van der Waals surface area (Å²) in [5, 5.41) is 0. The van der Waals surface area contributed by atoms with Gasteiger partial charge in [-0.15, -0.1) is 0 Å². The number of sulfone groups is 1. The van der Waals surface area contributed by atoms with Crippen LogP contribution in [0.5, 0.6) is 0 Å². The minimum absolute atomic E-state index is 0.0667. The Labute approximate surface area is 119 Å². The number of nitrogens with two attached hydrogens (primary N) is 1. The van der Waals surface area contributed by atoms with Crippen molar-refractivity contribution in [2.24, 2.45) is 11.7 Å². The van der Waals surface area contributed by atoms with Gasteiger partial charge in [-0.05, 0) is 43.0 Å². The first-order chi connectivity index (χ1) is 9.34. The number of carbonyl (C=O) groups is 1. The summed E-state index contributed by atoms with van der Waals surface area (Å²) in [7, 11) is -1.48. The Hall–Kier alpha value is -1.40. The first kappa shape index (κ1) is 15.0. The summed E-state index contributed by atoms with van der Waals surface area (Å²) < 4.78 is 22.8. The normalized spacial score (nSPS) is 16.8. The summed E-state index contributed by atoms with van der Waals surface area (Å²) in [6.07, 6.45) is 3.38. The zero-order chi connectivity index (χ0) is 14.9. The van der Waals surface area contributed by atoms with Crippen molar-refractivity contribution in [1.82, 2.24) is 4.90 Å². The third-order valence-electron chi connectivity index (χ3n) is 3.75. The summed E-state index contributed by atoms with van der Waals surface area (Å²) >= 11 is 0. The molecule has 0 spiro atoms. The van der Waals surface area contributed by atoms with E-state index in [4.69, 9.17) is 5.73 Å². The Morgan fingerprint density at radius 2 is 1.90 bits per heavy atom. The molecule has 5 nitrogen and oxygen atoms in total. The summed E-state index contributed by atoms with van der Waals surface area (Å²) in [6.45, 7) is 0.453. The van der Waals surface area contributed by atoms with E-state index < -0.39 is 9.84 Å². The Morgan fingerprint density at radius 1 is 1.35 bits per heavy atom. The highest BCUT2D eigenvalue weighted by Gasteiger charge is 2.35. The van der Waals surface area contributed by atoms with E-state index in [0.29, 0.717) is 18.0 Å². The molecule has 1 amide bonds. The van der Waals surface area contributed by atoms with Crippen LogP contribution < -0.4 is 5.73 Å². The van der Waals surface area contributed by atoms with Gasteiger partial charge in [0.15, 0.2) is 9.84 Å². The van der Waals surface area contributed by atoms with Gasteiger partial charge < -0.3 is 10.6 Å². The second kappa shape index (κ2) is 5.54. The highest BCUT2D eigenvalue weighted by Crippen LogP contribution is 2.34. The number of hydrogen-bond acceptors (Lipinski definition) is 4. The maximum Gasteiger partial charge on any atom is 0.253 e. The van der Waals surface area contributed by atoms with Crippen LogP contribution in [0.4, 0.5) is 0 Å². The molecule has 1 atom stereocenters. The van der Waals surface area contributed by atoms with Gasteiger partial charge in [-0.3, -0.25) is 4.79 Å². The Kier molecular flexibility index (Phi) is 4.15. The molecule has 0 radical (unpaired) electrons. The smallest absolute Gasteiger partial charge is 0.253 e. The molecular formula is C14H20N2O3S. The van der Waals surface area contributed by atoms with Crippen LogP contribution in [0.1, 0.15) is 23.2 Å². The lowest BCUT2D eigenvalue weighted by Gasteiger charge is -2.27. The van der Waals surface area contributed by atoms with Crippen molar-refractivity contribution in [3.05, 3.63) is 29.8 Å². The van der Waals surface area contributed by atoms with E-state index in [9.17, 15) is 13.2 Å². The zero-order valence-electron chi connectivity index (χ0n) is 11.7. The summed E-state index contributed by atoms with van der Waals surface area (Å²) in [6, 6.07) is 6.10. The molecule has 1 saturated carbocycles. The van der Waals surface area contributed by atoms with Crippen LogP contribution in [0, 0.1) is 5.92 Å². The molecule has 2 rings (SSSR count). The van der Waals surface area contributed by atoms with Gasteiger partial charge in [0.05, 0.1) is 4.90 Å². The monoisotopic (exact) mass is 296 g/mol. The van der Waals surface area contributed by atoms with Crippen molar-refractivity contribution >= 4 is 15.7 Å². The maximum absolute atomic E-state index is 12.4. The Bertz CT molecular complexity index is 591. The summed E-state index contributed by atoms with van der Waals surface area (Å²) in [5.41, 5.74) is 6.22. The Balaban J connectivity index is 2.16. The van der Waals surface area contributed by atoms with Gasteiger partial charge >= 0.3 is 0 Å². The number of likely N-dealkylation sites (N-methyl/N-ethyl adjacent to an activating group) is 1. The number of carbonyl (C=O) groups excluding carboxylic acids is 1. The predicted molar refractivity (Wildman–Crippen MR) is 77.2 cm³/mol. The molecule has 110 valence electrons. The molecule has 1 aliphatic rings. The standard InChI is InChI=1S/C14H20N2O3S/c1-16(13(9-15)10-3-4-10)14(17)11-5-7-12(8-6-11)20(2,18)19/h5-8,10,13H,3-4,9,15H2,1-2H3. The lowest BCUT2D eigenvalue weighted by Crippen LogP contribution is -2.43. The van der Waals surface area contributed by atoms with E-state index in [1.165, 1.54) is 12.1 Å². The molecule has 6 heteroatoms. The molecule has 0 aromatic heterocycles. The van der Waals surface area contributed by atoms with Crippen molar-refractivity contribution in [2.75, 3.05) is 19.8 Å². The quantitative estimate of drug-likeness (QED) is 0.875. The summed E-state index contributed by atoms with van der Waals surface area (Å²) in [4.78, 5) is 14.2. The Morgan fingerprint density at radius 3 is 2.30 bits per heavy atom. The molecule has 20 heavy (non-hydrogen) atoms. The molecule has 1 aromatic rings. The van der Waals surface area contributed by atoms with E-state index in [1.807, 2.05) is 0 Å². The number of nitrogens with zero attached hydrogens (tertiary/aromatic N) is 1. The second-order valence-electron chi connectivity index (χ2n) is 5.35. The molecule has 0 heterocycles. The van der Waals surface area contributed by atoms with E-state index in [-0.39, 0.29) is 16.8 Å². The third kappa shape index (κ3) is 3.19. The van der Waals surface area contributed by atoms with Crippen LogP contribution in [-0.4, -0.2) is 45.1 Å². The van der Waals surface area contributed by atoms with Crippen molar-refractivity contribution in [1.29, 1.82) is 0 Å². The average Bonchev–Trinajstić information content (AvgIpc) is 3.22. The number of benzene rings is 1. The molecule has 1 unspecified atom stereocenters. The van der Waals surface area contributed by atoms with Gasteiger partial charge in [0.1, 0.15) is 0 Å². The van der Waals surface area contributed by atoms with Gasteiger partial charge in [0.2, 0.25) is 0 Å². The van der Waals surface area contributed by atoms with Crippen LogP contribution in [0.2, 0.25) is 0 Å². The highest BCUT2D eigenvalue weighted by molar-refractivity contribution is 7.90. The third-order valence-corrected chi connectivity index (χ3v) is 4.88. The zero-order valence-corrected chi connectivity index (χ0v) is 12.6. The largest absolute Gasteiger partial charge is 0.337 e.